The van der Waals surface area contributed by atoms with Gasteiger partial charge in [0.15, 0.2) is 0 Å². The van der Waals surface area contributed by atoms with Gasteiger partial charge in [-0.25, -0.2) is 13.4 Å². The van der Waals surface area contributed by atoms with Crippen LogP contribution in [0, 0.1) is 0 Å². The second kappa shape index (κ2) is 8.16. The average molecular weight is 470 g/mol. The minimum atomic E-state index is -3.65. The third-order valence-electron chi connectivity index (χ3n) is 5.26. The van der Waals surface area contributed by atoms with Crippen molar-refractivity contribution in [3.63, 3.8) is 0 Å². The number of amides is 1. The average Bonchev–Trinajstić information content (AvgIpc) is 3.54. The molecule has 9 heteroatoms. The smallest absolute Gasteiger partial charge is 0.253 e. The lowest BCUT2D eigenvalue weighted by molar-refractivity contribution is -0.119. The van der Waals surface area contributed by atoms with Gasteiger partial charge >= 0.3 is 0 Å². The van der Waals surface area contributed by atoms with Crippen LogP contribution in [-0.2, 0) is 14.8 Å². The molecule has 1 unspecified atom stereocenters. The number of hydrogen-bond acceptors (Lipinski definition) is 6. The zero-order valence-electron chi connectivity index (χ0n) is 16.4. The molecule has 2 aromatic carbocycles. The van der Waals surface area contributed by atoms with Crippen LogP contribution in [0.25, 0.3) is 20.8 Å². The van der Waals surface area contributed by atoms with Crippen LogP contribution in [0.1, 0.15) is 12.8 Å². The van der Waals surface area contributed by atoms with Crippen molar-refractivity contribution in [1.82, 2.24) is 9.29 Å². The molecule has 1 aliphatic heterocycles. The molecule has 4 aromatic rings. The van der Waals surface area contributed by atoms with Crippen molar-refractivity contribution in [2.45, 2.75) is 23.1 Å². The lowest BCUT2D eigenvalue weighted by atomic mass is 10.2. The Labute approximate surface area is 188 Å². The molecule has 5 rings (SSSR count). The van der Waals surface area contributed by atoms with E-state index in [1.54, 1.807) is 28.8 Å². The molecule has 1 N–H and O–H groups in total. The third-order valence-corrected chi connectivity index (χ3v) is 9.62. The standard InChI is InChI=1S/C22H19N3O3S3/c26-21(18-6-3-13-25(18)31(27,28)20-8-4-14-29-20)23-16-11-9-15(10-12-16)22-24-17-5-1-2-7-19(17)30-22/h1-2,4-5,7-12,14,18H,3,6,13H2,(H,23,26). The van der Waals surface area contributed by atoms with Crippen molar-refractivity contribution in [3.05, 3.63) is 66.0 Å². The highest BCUT2D eigenvalue weighted by Gasteiger charge is 2.39. The van der Waals surface area contributed by atoms with E-state index in [1.165, 1.54) is 15.6 Å². The zero-order valence-corrected chi connectivity index (χ0v) is 18.8. The van der Waals surface area contributed by atoms with E-state index in [0.29, 0.717) is 25.1 Å². The summed E-state index contributed by atoms with van der Waals surface area (Å²) in [6, 6.07) is 18.1. The van der Waals surface area contributed by atoms with Crippen LogP contribution in [0.4, 0.5) is 5.69 Å². The van der Waals surface area contributed by atoms with E-state index in [-0.39, 0.29) is 10.1 Å². The molecule has 3 heterocycles. The molecule has 1 saturated heterocycles. The summed E-state index contributed by atoms with van der Waals surface area (Å²) in [6.45, 7) is 0.356. The summed E-state index contributed by atoms with van der Waals surface area (Å²) in [5, 5.41) is 5.52. The van der Waals surface area contributed by atoms with E-state index >= 15 is 0 Å². The van der Waals surface area contributed by atoms with Gasteiger partial charge < -0.3 is 5.32 Å². The Morgan fingerprint density at radius 1 is 1.06 bits per heavy atom. The molecule has 6 nitrogen and oxygen atoms in total. The first kappa shape index (κ1) is 20.3. The van der Waals surface area contributed by atoms with Gasteiger partial charge in [-0.05, 0) is 60.7 Å². The van der Waals surface area contributed by atoms with Gasteiger partial charge in [0, 0.05) is 17.8 Å². The molecule has 0 aliphatic carbocycles. The maximum Gasteiger partial charge on any atom is 0.253 e. The molecule has 1 amide bonds. The summed E-state index contributed by atoms with van der Waals surface area (Å²) in [5.41, 5.74) is 2.57. The minimum Gasteiger partial charge on any atom is -0.325 e. The Balaban J connectivity index is 1.32. The van der Waals surface area contributed by atoms with Gasteiger partial charge in [0.25, 0.3) is 10.0 Å². The first-order chi connectivity index (χ1) is 15.0. The SMILES string of the molecule is O=C(Nc1ccc(-c2nc3ccccc3s2)cc1)C1CCCN1S(=O)(=O)c1cccs1. The second-order valence-electron chi connectivity index (χ2n) is 7.26. The number of carbonyl (C=O) groups is 1. The minimum absolute atomic E-state index is 0.271. The number of anilines is 1. The van der Waals surface area contributed by atoms with E-state index in [2.05, 4.69) is 10.3 Å². The summed E-state index contributed by atoms with van der Waals surface area (Å²) in [6.07, 6.45) is 1.18. The monoisotopic (exact) mass is 469 g/mol. The van der Waals surface area contributed by atoms with Crippen molar-refractivity contribution < 1.29 is 13.2 Å². The molecular formula is C22H19N3O3S3. The number of fused-ring (bicyclic) bond motifs is 1. The molecule has 1 aliphatic rings. The summed E-state index contributed by atoms with van der Waals surface area (Å²) >= 11 is 2.79. The van der Waals surface area contributed by atoms with Crippen LogP contribution in [0.5, 0.6) is 0 Å². The molecule has 1 fully saturated rings. The van der Waals surface area contributed by atoms with Crippen molar-refractivity contribution in [1.29, 1.82) is 0 Å². The van der Waals surface area contributed by atoms with E-state index in [1.807, 2.05) is 48.5 Å². The maximum atomic E-state index is 12.9. The number of benzene rings is 2. The largest absolute Gasteiger partial charge is 0.325 e. The van der Waals surface area contributed by atoms with Gasteiger partial charge in [-0.15, -0.1) is 22.7 Å². The first-order valence-electron chi connectivity index (χ1n) is 9.84. The third kappa shape index (κ3) is 3.89. The number of thiazole rings is 1. The van der Waals surface area contributed by atoms with Crippen molar-refractivity contribution in [2.75, 3.05) is 11.9 Å². The van der Waals surface area contributed by atoms with Crippen molar-refractivity contribution >= 4 is 54.5 Å². The number of nitrogens with one attached hydrogen (secondary N) is 1. The molecule has 0 radical (unpaired) electrons. The Kier molecular flexibility index (Phi) is 5.35. The van der Waals surface area contributed by atoms with Crippen LogP contribution in [-0.4, -0.2) is 36.2 Å². The van der Waals surface area contributed by atoms with E-state index in [0.717, 1.165) is 20.8 Å². The summed E-state index contributed by atoms with van der Waals surface area (Å²) < 4.78 is 28.5. The highest BCUT2D eigenvalue weighted by atomic mass is 32.2. The Morgan fingerprint density at radius 2 is 1.87 bits per heavy atom. The topological polar surface area (TPSA) is 79.4 Å². The van der Waals surface area contributed by atoms with Crippen LogP contribution >= 0.6 is 22.7 Å². The van der Waals surface area contributed by atoms with Gasteiger partial charge in [-0.1, -0.05) is 18.2 Å². The van der Waals surface area contributed by atoms with Crippen molar-refractivity contribution in [3.8, 4) is 10.6 Å². The zero-order chi connectivity index (χ0) is 21.4. The lowest BCUT2D eigenvalue weighted by Crippen LogP contribution is -2.42. The molecular weight excluding hydrogens is 450 g/mol. The fourth-order valence-electron chi connectivity index (χ4n) is 3.73. The van der Waals surface area contributed by atoms with Gasteiger partial charge in [-0.2, -0.15) is 4.31 Å². The molecule has 0 saturated carbocycles. The predicted molar refractivity (Wildman–Crippen MR) is 125 cm³/mol. The molecule has 158 valence electrons. The summed E-state index contributed by atoms with van der Waals surface area (Å²) in [7, 11) is -3.65. The number of rotatable bonds is 5. The summed E-state index contributed by atoms with van der Waals surface area (Å²) in [5.74, 6) is -0.301. The number of carbonyl (C=O) groups excluding carboxylic acids is 1. The van der Waals surface area contributed by atoms with E-state index in [9.17, 15) is 13.2 Å². The molecule has 2 aromatic heterocycles. The number of thiophene rings is 1. The number of nitrogens with zero attached hydrogens (tertiary/aromatic N) is 2. The fraction of sp³-hybridized carbons (Fsp3) is 0.182. The number of para-hydroxylation sites is 1. The van der Waals surface area contributed by atoms with E-state index in [4.69, 9.17) is 0 Å². The Hall–Kier alpha value is -2.59. The number of sulfonamides is 1. The maximum absolute atomic E-state index is 12.9. The van der Waals surface area contributed by atoms with Gasteiger partial charge in [0.1, 0.15) is 15.3 Å². The molecule has 0 spiro atoms. The van der Waals surface area contributed by atoms with Crippen LogP contribution in [0.2, 0.25) is 0 Å². The normalized spacial score (nSPS) is 17.2. The number of hydrogen-bond donors (Lipinski definition) is 1. The Morgan fingerprint density at radius 3 is 2.61 bits per heavy atom. The molecule has 0 bridgehead atoms. The highest BCUT2D eigenvalue weighted by Crippen LogP contribution is 2.32. The lowest BCUT2D eigenvalue weighted by Gasteiger charge is -2.22. The second-order valence-corrected chi connectivity index (χ2v) is 11.4. The predicted octanol–water partition coefficient (Wildman–Crippen LogP) is 4.82. The van der Waals surface area contributed by atoms with Crippen LogP contribution in [0.15, 0.2) is 70.3 Å². The van der Waals surface area contributed by atoms with Crippen LogP contribution in [0.3, 0.4) is 0 Å². The van der Waals surface area contributed by atoms with Gasteiger partial charge in [0.2, 0.25) is 5.91 Å². The van der Waals surface area contributed by atoms with Crippen LogP contribution < -0.4 is 5.32 Å². The highest BCUT2D eigenvalue weighted by molar-refractivity contribution is 7.91. The number of aromatic nitrogens is 1. The van der Waals surface area contributed by atoms with Gasteiger partial charge in [-0.3, -0.25) is 4.79 Å². The molecule has 31 heavy (non-hydrogen) atoms. The quantitative estimate of drug-likeness (QED) is 0.455. The van der Waals surface area contributed by atoms with E-state index < -0.39 is 16.1 Å². The molecule has 1 atom stereocenters. The fourth-order valence-corrected chi connectivity index (χ4v) is 7.48. The summed E-state index contributed by atoms with van der Waals surface area (Å²) in [4.78, 5) is 17.5. The van der Waals surface area contributed by atoms with Crippen molar-refractivity contribution in [2.24, 2.45) is 0 Å². The Bertz CT molecular complexity index is 1300. The first-order valence-corrected chi connectivity index (χ1v) is 13.0. The van der Waals surface area contributed by atoms with Gasteiger partial charge in [0.05, 0.1) is 10.2 Å².